The maximum absolute atomic E-state index is 14.0. The minimum absolute atomic E-state index is 0. The molecule has 1 amide bonds. The molecule has 1 aromatic rings. The van der Waals surface area contributed by atoms with Gasteiger partial charge in [0, 0.05) is 51.4 Å². The summed E-state index contributed by atoms with van der Waals surface area (Å²) in [6.07, 6.45) is 0. The van der Waals surface area contributed by atoms with Crippen LogP contribution in [0.3, 0.4) is 0 Å². The van der Waals surface area contributed by atoms with Gasteiger partial charge in [-0.3, -0.25) is 14.7 Å². The van der Waals surface area contributed by atoms with E-state index in [0.29, 0.717) is 30.2 Å². The van der Waals surface area contributed by atoms with Gasteiger partial charge in [-0.25, -0.2) is 4.39 Å². The number of carbonyl (C=O) groups excluding carboxylic acids is 1. The molecule has 0 bridgehead atoms. The van der Waals surface area contributed by atoms with E-state index in [9.17, 15) is 9.18 Å². The standard InChI is InChI=1S/C19H27FN6O.HI/c1-14(2)24-18(27)13-25-6-8-26(9-7-25)19(22-3)23-12-16-5-4-15(11-21)10-17(16)20;/h4-5,10,14H,6-9,12-13H2,1-3H3,(H,22,23)(H,24,27);1H. The first kappa shape index (κ1) is 24.1. The average Bonchev–Trinajstić information content (AvgIpc) is 2.63. The lowest BCUT2D eigenvalue weighted by Gasteiger charge is -2.36. The number of nitrogens with zero attached hydrogens (tertiary/aromatic N) is 4. The SMILES string of the molecule is CN=C(NCc1ccc(C#N)cc1F)N1CCN(CC(=O)NC(C)C)CC1.I. The van der Waals surface area contributed by atoms with Crippen molar-refractivity contribution < 1.29 is 9.18 Å². The van der Waals surface area contributed by atoms with Gasteiger partial charge in [0.1, 0.15) is 5.82 Å². The van der Waals surface area contributed by atoms with Gasteiger partial charge in [-0.2, -0.15) is 5.26 Å². The summed E-state index contributed by atoms with van der Waals surface area (Å²) < 4.78 is 14.0. The molecule has 28 heavy (non-hydrogen) atoms. The molecule has 0 aliphatic carbocycles. The van der Waals surface area contributed by atoms with Crippen LogP contribution in [0.25, 0.3) is 0 Å². The molecule has 2 rings (SSSR count). The molecule has 1 fully saturated rings. The molecule has 0 saturated carbocycles. The Labute approximate surface area is 183 Å². The number of rotatable bonds is 5. The molecule has 154 valence electrons. The normalized spacial score (nSPS) is 15.0. The number of piperazine rings is 1. The van der Waals surface area contributed by atoms with Crippen LogP contribution >= 0.6 is 24.0 Å². The Morgan fingerprint density at radius 1 is 1.32 bits per heavy atom. The lowest BCUT2D eigenvalue weighted by molar-refractivity contribution is -0.123. The van der Waals surface area contributed by atoms with E-state index in [-0.39, 0.29) is 35.9 Å². The Morgan fingerprint density at radius 2 is 2.00 bits per heavy atom. The van der Waals surface area contributed by atoms with Crippen molar-refractivity contribution in [3.05, 3.63) is 35.1 Å². The van der Waals surface area contributed by atoms with E-state index in [1.807, 2.05) is 19.9 Å². The molecule has 1 saturated heterocycles. The van der Waals surface area contributed by atoms with Gasteiger partial charge in [0.15, 0.2) is 5.96 Å². The van der Waals surface area contributed by atoms with Crippen molar-refractivity contribution in [1.29, 1.82) is 5.26 Å². The fraction of sp³-hybridized carbons (Fsp3) is 0.526. The third-order valence-electron chi connectivity index (χ3n) is 4.32. The zero-order chi connectivity index (χ0) is 19.8. The van der Waals surface area contributed by atoms with Gasteiger partial charge in [-0.1, -0.05) is 6.07 Å². The number of hydrogen-bond donors (Lipinski definition) is 2. The van der Waals surface area contributed by atoms with Gasteiger partial charge >= 0.3 is 0 Å². The second kappa shape index (κ2) is 11.8. The van der Waals surface area contributed by atoms with E-state index in [0.717, 1.165) is 26.2 Å². The molecule has 1 aromatic carbocycles. The molecule has 0 atom stereocenters. The van der Waals surface area contributed by atoms with E-state index in [2.05, 4.69) is 25.4 Å². The second-order valence-corrected chi connectivity index (χ2v) is 6.80. The van der Waals surface area contributed by atoms with Crippen LogP contribution in [-0.2, 0) is 11.3 Å². The Hall–Kier alpha value is -1.93. The molecule has 0 radical (unpaired) electrons. The Morgan fingerprint density at radius 3 is 2.54 bits per heavy atom. The van der Waals surface area contributed by atoms with E-state index in [1.54, 1.807) is 19.2 Å². The van der Waals surface area contributed by atoms with Crippen molar-refractivity contribution in [3.8, 4) is 6.07 Å². The van der Waals surface area contributed by atoms with Crippen molar-refractivity contribution in [2.45, 2.75) is 26.4 Å². The van der Waals surface area contributed by atoms with Gasteiger partial charge in [-0.05, 0) is 26.0 Å². The van der Waals surface area contributed by atoms with Crippen LogP contribution in [0.15, 0.2) is 23.2 Å². The molecular weight excluding hydrogens is 474 g/mol. The number of carbonyl (C=O) groups is 1. The number of nitrogens with one attached hydrogen (secondary N) is 2. The van der Waals surface area contributed by atoms with Crippen LogP contribution in [0, 0.1) is 17.1 Å². The molecule has 7 nitrogen and oxygen atoms in total. The van der Waals surface area contributed by atoms with Crippen LogP contribution < -0.4 is 10.6 Å². The zero-order valence-corrected chi connectivity index (χ0v) is 18.9. The number of guanidine groups is 1. The summed E-state index contributed by atoms with van der Waals surface area (Å²) >= 11 is 0. The highest BCUT2D eigenvalue weighted by Gasteiger charge is 2.21. The summed E-state index contributed by atoms with van der Waals surface area (Å²) in [7, 11) is 1.69. The van der Waals surface area contributed by atoms with Crippen LogP contribution in [0.1, 0.15) is 25.0 Å². The topological polar surface area (TPSA) is 83.8 Å². The smallest absolute Gasteiger partial charge is 0.234 e. The molecule has 1 aliphatic heterocycles. The molecule has 2 N–H and O–H groups in total. The van der Waals surface area contributed by atoms with E-state index >= 15 is 0 Å². The highest BCUT2D eigenvalue weighted by molar-refractivity contribution is 14.0. The minimum Gasteiger partial charge on any atom is -0.353 e. The molecule has 0 aromatic heterocycles. The van der Waals surface area contributed by atoms with Gasteiger partial charge in [0.2, 0.25) is 5.91 Å². The fourth-order valence-electron chi connectivity index (χ4n) is 2.96. The van der Waals surface area contributed by atoms with Crippen molar-refractivity contribution in [3.63, 3.8) is 0 Å². The van der Waals surface area contributed by atoms with Gasteiger partial charge in [0.25, 0.3) is 0 Å². The van der Waals surface area contributed by atoms with Gasteiger partial charge in [0.05, 0.1) is 18.2 Å². The van der Waals surface area contributed by atoms with Crippen LogP contribution in [0.2, 0.25) is 0 Å². The number of nitriles is 1. The molecule has 9 heteroatoms. The van der Waals surface area contributed by atoms with Crippen LogP contribution in [0.5, 0.6) is 0 Å². The largest absolute Gasteiger partial charge is 0.353 e. The molecule has 1 heterocycles. The maximum atomic E-state index is 14.0. The molecule has 0 spiro atoms. The number of aliphatic imine (C=N–C) groups is 1. The van der Waals surface area contributed by atoms with E-state index in [1.165, 1.54) is 6.07 Å². The van der Waals surface area contributed by atoms with E-state index < -0.39 is 5.82 Å². The van der Waals surface area contributed by atoms with Gasteiger partial charge < -0.3 is 15.5 Å². The third-order valence-corrected chi connectivity index (χ3v) is 4.32. The Kier molecular flexibility index (Phi) is 10.2. The van der Waals surface area contributed by atoms with E-state index in [4.69, 9.17) is 5.26 Å². The predicted molar refractivity (Wildman–Crippen MR) is 118 cm³/mol. The summed E-state index contributed by atoms with van der Waals surface area (Å²) in [5.41, 5.74) is 0.789. The first-order valence-corrected chi connectivity index (χ1v) is 9.08. The number of hydrogen-bond acceptors (Lipinski definition) is 4. The highest BCUT2D eigenvalue weighted by atomic mass is 127. The van der Waals surface area contributed by atoms with Crippen molar-refractivity contribution in [2.75, 3.05) is 39.8 Å². The summed E-state index contributed by atoms with van der Waals surface area (Å²) in [5, 5.41) is 14.9. The van der Waals surface area contributed by atoms with Crippen molar-refractivity contribution >= 4 is 35.8 Å². The van der Waals surface area contributed by atoms with Crippen LogP contribution in [-0.4, -0.2) is 67.5 Å². The Balaban J connectivity index is 0.00000392. The molecular formula is C19H28FIN6O. The lowest BCUT2D eigenvalue weighted by Crippen LogP contribution is -2.54. The number of amides is 1. The summed E-state index contributed by atoms with van der Waals surface area (Å²) in [6, 6.07) is 6.52. The van der Waals surface area contributed by atoms with Gasteiger partial charge in [-0.15, -0.1) is 24.0 Å². The van der Waals surface area contributed by atoms with Crippen LogP contribution in [0.4, 0.5) is 4.39 Å². The summed E-state index contributed by atoms with van der Waals surface area (Å²) in [5.74, 6) is 0.334. The molecule has 1 aliphatic rings. The number of benzene rings is 1. The third kappa shape index (κ3) is 7.24. The Bertz CT molecular complexity index is 726. The first-order valence-electron chi connectivity index (χ1n) is 9.08. The lowest BCUT2D eigenvalue weighted by atomic mass is 10.1. The minimum atomic E-state index is -0.405. The van der Waals surface area contributed by atoms with Crippen molar-refractivity contribution in [2.24, 2.45) is 4.99 Å². The summed E-state index contributed by atoms with van der Waals surface area (Å²) in [4.78, 5) is 20.4. The summed E-state index contributed by atoms with van der Waals surface area (Å²) in [6.45, 7) is 7.59. The zero-order valence-electron chi connectivity index (χ0n) is 16.5. The van der Waals surface area contributed by atoms with Crippen molar-refractivity contribution in [1.82, 2.24) is 20.4 Å². The second-order valence-electron chi connectivity index (χ2n) is 6.80. The number of halogens is 2. The predicted octanol–water partition coefficient (Wildman–Crippen LogP) is 1.53. The first-order chi connectivity index (χ1) is 12.9. The maximum Gasteiger partial charge on any atom is 0.234 e. The molecule has 0 unspecified atom stereocenters. The fourth-order valence-corrected chi connectivity index (χ4v) is 2.96. The highest BCUT2D eigenvalue weighted by Crippen LogP contribution is 2.10. The average molecular weight is 502 g/mol. The quantitative estimate of drug-likeness (QED) is 0.363. The monoisotopic (exact) mass is 502 g/mol.